The molecule has 0 saturated carbocycles. The Morgan fingerprint density at radius 3 is 2.92 bits per heavy atom. The number of alkyl halides is 2. The van der Waals surface area contributed by atoms with Gasteiger partial charge in [0.15, 0.2) is 0 Å². The number of amides is 1. The third-order valence-corrected chi connectivity index (χ3v) is 3.96. The number of aromatic nitrogens is 1. The van der Waals surface area contributed by atoms with E-state index in [-0.39, 0.29) is 13.0 Å². The highest BCUT2D eigenvalue weighted by atomic mass is 19.2. The van der Waals surface area contributed by atoms with Crippen molar-refractivity contribution in [1.82, 2.24) is 10.3 Å². The maximum Gasteiger partial charge on any atom is 0.260 e. The van der Waals surface area contributed by atoms with E-state index in [0.717, 1.165) is 10.8 Å². The number of nitrogens with zero attached hydrogens (tertiary/aromatic N) is 1. The second-order valence-electron chi connectivity index (χ2n) is 5.72. The normalized spacial score (nSPS) is 23.3. The number of hydrogen-bond donors (Lipinski definition) is 1. The van der Waals surface area contributed by atoms with Crippen LogP contribution in [0.3, 0.4) is 0 Å². The Morgan fingerprint density at radius 1 is 1.38 bits per heavy atom. The van der Waals surface area contributed by atoms with Crippen LogP contribution in [0.5, 0.6) is 11.6 Å². The van der Waals surface area contributed by atoms with Gasteiger partial charge < -0.3 is 14.8 Å². The molecule has 128 valence electrons. The highest BCUT2D eigenvalue weighted by Crippen LogP contribution is 2.29. The van der Waals surface area contributed by atoms with E-state index < -0.39 is 24.3 Å². The van der Waals surface area contributed by atoms with E-state index in [4.69, 9.17) is 9.47 Å². The van der Waals surface area contributed by atoms with Gasteiger partial charge >= 0.3 is 0 Å². The lowest BCUT2D eigenvalue weighted by atomic mass is 10.0. The Kier molecular flexibility index (Phi) is 4.51. The maximum absolute atomic E-state index is 13.9. The lowest BCUT2D eigenvalue weighted by Crippen LogP contribution is -2.36. The summed E-state index contributed by atoms with van der Waals surface area (Å²) in [5, 5.41) is 4.09. The zero-order valence-electron chi connectivity index (χ0n) is 13.2. The predicted molar refractivity (Wildman–Crippen MR) is 84.8 cm³/mol. The van der Waals surface area contributed by atoms with Gasteiger partial charge in [0.25, 0.3) is 5.91 Å². The van der Waals surface area contributed by atoms with Crippen LogP contribution in [0.25, 0.3) is 10.8 Å². The molecule has 1 N–H and O–H groups in total. The summed E-state index contributed by atoms with van der Waals surface area (Å²) >= 11 is 0. The van der Waals surface area contributed by atoms with Crippen LogP contribution in [-0.4, -0.2) is 42.5 Å². The average molecular weight is 336 g/mol. The van der Waals surface area contributed by atoms with Gasteiger partial charge in [0, 0.05) is 18.0 Å². The summed E-state index contributed by atoms with van der Waals surface area (Å²) in [6.07, 6.45) is 1.35. The molecule has 1 aromatic carbocycles. The van der Waals surface area contributed by atoms with Crippen LogP contribution >= 0.6 is 0 Å². The Morgan fingerprint density at radius 2 is 2.21 bits per heavy atom. The Labute approximate surface area is 138 Å². The van der Waals surface area contributed by atoms with Crippen molar-refractivity contribution >= 4 is 16.7 Å². The molecule has 2 aromatic rings. The number of nitrogens with one attached hydrogen (secondary N) is 1. The molecule has 24 heavy (non-hydrogen) atoms. The molecule has 5 nitrogen and oxygen atoms in total. The Bertz CT molecular complexity index is 756. The smallest absolute Gasteiger partial charge is 0.260 e. The Hall–Kier alpha value is -2.44. The summed E-state index contributed by atoms with van der Waals surface area (Å²) < 4.78 is 37.7. The van der Waals surface area contributed by atoms with Crippen molar-refractivity contribution in [2.24, 2.45) is 0 Å². The zero-order chi connectivity index (χ0) is 17.2. The summed E-state index contributed by atoms with van der Waals surface area (Å²) in [5.41, 5.74) is -2.46. The third-order valence-electron chi connectivity index (χ3n) is 3.96. The summed E-state index contributed by atoms with van der Waals surface area (Å²) in [6, 6.07) is 6.80. The van der Waals surface area contributed by atoms with Crippen LogP contribution in [0.4, 0.5) is 8.78 Å². The van der Waals surface area contributed by atoms with Crippen molar-refractivity contribution in [3.05, 3.63) is 30.5 Å². The van der Waals surface area contributed by atoms with Crippen molar-refractivity contribution in [1.29, 1.82) is 0 Å². The quantitative estimate of drug-likeness (QED) is 0.881. The molecule has 0 spiro atoms. The van der Waals surface area contributed by atoms with E-state index >= 15 is 0 Å². The van der Waals surface area contributed by atoms with Crippen LogP contribution < -0.4 is 14.8 Å². The molecule has 1 saturated heterocycles. The van der Waals surface area contributed by atoms with Crippen LogP contribution in [0.2, 0.25) is 0 Å². The summed E-state index contributed by atoms with van der Waals surface area (Å²) in [6.45, 7) is 1.11. The van der Waals surface area contributed by atoms with Crippen molar-refractivity contribution in [2.75, 3.05) is 19.9 Å². The first-order chi connectivity index (χ1) is 11.6. The monoisotopic (exact) mass is 336 g/mol. The van der Waals surface area contributed by atoms with Gasteiger partial charge in [-0.05, 0) is 30.5 Å². The van der Waals surface area contributed by atoms with E-state index in [9.17, 15) is 13.6 Å². The second-order valence-corrected chi connectivity index (χ2v) is 5.72. The number of benzene rings is 1. The molecule has 3 rings (SSSR count). The number of ether oxygens (including phenoxy) is 2. The van der Waals surface area contributed by atoms with Crippen LogP contribution in [0.15, 0.2) is 30.5 Å². The van der Waals surface area contributed by atoms with Crippen LogP contribution in [-0.2, 0) is 4.79 Å². The number of fused-ring (bicyclic) bond motifs is 1. The standard InChI is InChI=1S/C17H18F2N2O3/c1-2-23-13-4-3-11-5-6-20-15(14(11)7-13)24-9-12-8-17(19,10-18)16(22)21-12/h3-7,12H,2,8-10H2,1H3,(H,21,22)/t12-,17+/m0/s1. The van der Waals surface area contributed by atoms with Gasteiger partial charge in [-0.15, -0.1) is 0 Å². The van der Waals surface area contributed by atoms with E-state index in [0.29, 0.717) is 18.2 Å². The number of hydrogen-bond acceptors (Lipinski definition) is 4. The SMILES string of the molecule is CCOc1ccc2ccnc(OC[C@@H]3C[C@@](F)(CF)C(=O)N3)c2c1. The molecule has 1 aliphatic heterocycles. The van der Waals surface area contributed by atoms with Gasteiger partial charge in [-0.25, -0.2) is 13.8 Å². The number of carbonyl (C=O) groups excluding carboxylic acids is 1. The number of pyridine rings is 1. The van der Waals surface area contributed by atoms with Gasteiger partial charge in [0.1, 0.15) is 19.0 Å². The maximum atomic E-state index is 13.9. The fraction of sp³-hybridized carbons (Fsp3) is 0.412. The van der Waals surface area contributed by atoms with E-state index in [1.807, 2.05) is 31.2 Å². The number of carbonyl (C=O) groups is 1. The fourth-order valence-corrected chi connectivity index (χ4v) is 2.74. The van der Waals surface area contributed by atoms with Crippen molar-refractivity contribution in [3.63, 3.8) is 0 Å². The largest absolute Gasteiger partial charge is 0.494 e. The molecule has 1 aliphatic rings. The molecule has 0 radical (unpaired) electrons. The van der Waals surface area contributed by atoms with Gasteiger partial charge in [-0.3, -0.25) is 4.79 Å². The van der Waals surface area contributed by atoms with Crippen molar-refractivity contribution in [2.45, 2.75) is 25.1 Å². The highest BCUT2D eigenvalue weighted by molar-refractivity contribution is 5.88. The molecule has 1 aromatic heterocycles. The first-order valence-corrected chi connectivity index (χ1v) is 7.76. The summed E-state index contributed by atoms with van der Waals surface area (Å²) in [5.74, 6) is 0.125. The second kappa shape index (κ2) is 6.59. The number of rotatable bonds is 6. The molecule has 0 aliphatic carbocycles. The van der Waals surface area contributed by atoms with Gasteiger partial charge in [-0.2, -0.15) is 0 Å². The molecule has 0 bridgehead atoms. The molecule has 7 heteroatoms. The van der Waals surface area contributed by atoms with E-state index in [1.165, 1.54) is 0 Å². The van der Waals surface area contributed by atoms with Crippen LogP contribution in [0, 0.1) is 0 Å². The molecule has 1 amide bonds. The third kappa shape index (κ3) is 3.11. The average Bonchev–Trinajstić information content (AvgIpc) is 2.88. The topological polar surface area (TPSA) is 60.5 Å². The minimum Gasteiger partial charge on any atom is -0.494 e. The van der Waals surface area contributed by atoms with Crippen molar-refractivity contribution < 1.29 is 23.0 Å². The molecule has 0 unspecified atom stereocenters. The predicted octanol–water partition coefficient (Wildman–Crippen LogP) is 2.58. The first-order valence-electron chi connectivity index (χ1n) is 7.76. The lowest BCUT2D eigenvalue weighted by Gasteiger charge is -2.14. The Balaban J connectivity index is 1.76. The first kappa shape index (κ1) is 16.4. The van der Waals surface area contributed by atoms with Gasteiger partial charge in [0.05, 0.1) is 12.6 Å². The van der Waals surface area contributed by atoms with E-state index in [1.54, 1.807) is 6.20 Å². The van der Waals surface area contributed by atoms with Crippen molar-refractivity contribution in [3.8, 4) is 11.6 Å². The fourth-order valence-electron chi connectivity index (χ4n) is 2.74. The van der Waals surface area contributed by atoms with E-state index in [2.05, 4.69) is 10.3 Å². The van der Waals surface area contributed by atoms with Crippen LogP contribution in [0.1, 0.15) is 13.3 Å². The molecular weight excluding hydrogens is 318 g/mol. The molecule has 1 fully saturated rings. The molecular formula is C17H18F2N2O3. The minimum atomic E-state index is -2.46. The lowest BCUT2D eigenvalue weighted by molar-refractivity contribution is -0.130. The molecule has 2 atom stereocenters. The summed E-state index contributed by atoms with van der Waals surface area (Å²) in [4.78, 5) is 15.7. The van der Waals surface area contributed by atoms with Gasteiger partial charge in [0.2, 0.25) is 11.5 Å². The van der Waals surface area contributed by atoms with Gasteiger partial charge in [-0.1, -0.05) is 6.07 Å². The highest BCUT2D eigenvalue weighted by Gasteiger charge is 2.48. The summed E-state index contributed by atoms with van der Waals surface area (Å²) in [7, 11) is 0. The molecule has 2 heterocycles. The number of halogens is 2. The zero-order valence-corrected chi connectivity index (χ0v) is 13.2. The minimum absolute atomic E-state index is 0.0163.